The number of nitrogens with two attached hydrogens (primary N) is 1. The number of amides is 2. The molecule has 0 saturated carbocycles. The summed E-state index contributed by atoms with van der Waals surface area (Å²) in [5.74, 6) is -1.50. The zero-order valence-corrected chi connectivity index (χ0v) is 12.9. The van der Waals surface area contributed by atoms with Crippen molar-refractivity contribution < 1.29 is 18.8 Å². The molecule has 0 bridgehead atoms. The number of carbonyl (C=O) groups is 3. The lowest BCUT2D eigenvalue weighted by atomic mass is 10.1. The Labute approximate surface area is 138 Å². The third-order valence-corrected chi connectivity index (χ3v) is 3.40. The molecular weight excluding hydrogens is 311 g/mol. The monoisotopic (exact) mass is 328 g/mol. The van der Waals surface area contributed by atoms with E-state index >= 15 is 0 Å². The minimum Gasteiger partial charge on any atom is -0.369 e. The summed E-state index contributed by atoms with van der Waals surface area (Å²) >= 11 is 0. The third-order valence-electron chi connectivity index (χ3n) is 3.40. The summed E-state index contributed by atoms with van der Waals surface area (Å²) in [5, 5.41) is 2.67. The first-order valence-corrected chi connectivity index (χ1v) is 7.40. The fraction of sp³-hybridized carbons (Fsp3) is 0.167. The van der Waals surface area contributed by atoms with Gasteiger partial charge in [0.2, 0.25) is 11.8 Å². The van der Waals surface area contributed by atoms with Crippen molar-refractivity contribution in [1.82, 2.24) is 0 Å². The number of para-hydroxylation sites is 1. The van der Waals surface area contributed by atoms with Crippen molar-refractivity contribution in [2.24, 2.45) is 5.73 Å². The van der Waals surface area contributed by atoms with E-state index in [0.717, 1.165) is 0 Å². The second-order valence-corrected chi connectivity index (χ2v) is 5.28. The molecule has 0 atom stereocenters. The average Bonchev–Trinajstić information content (AvgIpc) is 2.54. The summed E-state index contributed by atoms with van der Waals surface area (Å²) in [6.07, 6.45) is 0.0154. The number of rotatable bonds is 7. The summed E-state index contributed by atoms with van der Waals surface area (Å²) in [5.41, 5.74) is 6.64. The minimum absolute atomic E-state index is 0.00938. The molecule has 3 N–H and O–H groups in total. The number of carbonyl (C=O) groups excluding carboxylic acids is 3. The summed E-state index contributed by atoms with van der Waals surface area (Å²) in [7, 11) is 0. The zero-order chi connectivity index (χ0) is 17.5. The van der Waals surface area contributed by atoms with Gasteiger partial charge in [-0.2, -0.15) is 0 Å². The van der Waals surface area contributed by atoms with Crippen LogP contribution in [0.5, 0.6) is 0 Å². The third kappa shape index (κ3) is 5.01. The van der Waals surface area contributed by atoms with E-state index in [1.54, 1.807) is 24.3 Å². The van der Waals surface area contributed by atoms with Gasteiger partial charge in [0.25, 0.3) is 0 Å². The number of nitrogens with one attached hydrogen (secondary N) is 1. The largest absolute Gasteiger partial charge is 0.369 e. The Bertz CT molecular complexity index is 757. The molecule has 2 aromatic rings. The molecule has 0 radical (unpaired) electrons. The zero-order valence-electron chi connectivity index (χ0n) is 12.9. The minimum atomic E-state index is -0.497. The van der Waals surface area contributed by atoms with Crippen LogP contribution in [0.3, 0.4) is 0 Å². The van der Waals surface area contributed by atoms with E-state index in [9.17, 15) is 18.8 Å². The van der Waals surface area contributed by atoms with Gasteiger partial charge < -0.3 is 11.1 Å². The van der Waals surface area contributed by atoms with Crippen LogP contribution < -0.4 is 11.1 Å². The maximum atomic E-state index is 12.8. The van der Waals surface area contributed by atoms with Gasteiger partial charge in [-0.3, -0.25) is 14.4 Å². The van der Waals surface area contributed by atoms with Gasteiger partial charge in [0, 0.05) is 24.1 Å². The van der Waals surface area contributed by atoms with E-state index in [0.29, 0.717) is 16.8 Å². The lowest BCUT2D eigenvalue weighted by Crippen LogP contribution is -2.18. The Morgan fingerprint density at radius 2 is 1.62 bits per heavy atom. The van der Waals surface area contributed by atoms with Gasteiger partial charge in [0.1, 0.15) is 5.82 Å². The SMILES string of the molecule is NC(=O)Cc1ccccc1NC(=O)CCC(=O)c1ccc(F)cc1. The number of Topliss-reactive ketones (excluding diaryl/α,β-unsaturated/α-hetero) is 1. The fourth-order valence-electron chi connectivity index (χ4n) is 2.20. The van der Waals surface area contributed by atoms with Crippen LogP contribution in [-0.2, 0) is 16.0 Å². The lowest BCUT2D eigenvalue weighted by Gasteiger charge is -2.09. The van der Waals surface area contributed by atoms with Gasteiger partial charge in [-0.1, -0.05) is 18.2 Å². The maximum absolute atomic E-state index is 12.8. The van der Waals surface area contributed by atoms with Crippen molar-refractivity contribution in [3.8, 4) is 0 Å². The maximum Gasteiger partial charge on any atom is 0.224 e. The molecule has 0 aliphatic rings. The summed E-state index contributed by atoms with van der Waals surface area (Å²) < 4.78 is 12.8. The second-order valence-electron chi connectivity index (χ2n) is 5.28. The highest BCUT2D eigenvalue weighted by Gasteiger charge is 2.12. The first kappa shape index (κ1) is 17.3. The van der Waals surface area contributed by atoms with Crippen LogP contribution in [-0.4, -0.2) is 17.6 Å². The molecule has 5 nitrogen and oxygen atoms in total. The molecule has 0 aliphatic carbocycles. The van der Waals surface area contributed by atoms with E-state index < -0.39 is 11.7 Å². The van der Waals surface area contributed by atoms with E-state index in [1.807, 2.05) is 0 Å². The number of hydrogen-bond acceptors (Lipinski definition) is 3. The molecule has 0 spiro atoms. The van der Waals surface area contributed by atoms with E-state index in [2.05, 4.69) is 5.32 Å². The Morgan fingerprint density at radius 3 is 2.29 bits per heavy atom. The first-order chi connectivity index (χ1) is 11.5. The molecule has 0 saturated heterocycles. The van der Waals surface area contributed by atoms with Crippen molar-refractivity contribution in [3.63, 3.8) is 0 Å². The normalized spacial score (nSPS) is 10.2. The molecule has 0 aliphatic heterocycles. The van der Waals surface area contributed by atoms with Crippen LogP contribution in [0.4, 0.5) is 10.1 Å². The molecule has 124 valence electrons. The van der Waals surface area contributed by atoms with Crippen molar-refractivity contribution in [2.75, 3.05) is 5.32 Å². The molecule has 24 heavy (non-hydrogen) atoms. The molecule has 0 fully saturated rings. The highest BCUT2D eigenvalue weighted by atomic mass is 19.1. The Hall–Kier alpha value is -3.02. The van der Waals surface area contributed by atoms with Crippen LogP contribution >= 0.6 is 0 Å². The van der Waals surface area contributed by atoms with E-state index in [4.69, 9.17) is 5.73 Å². The number of benzene rings is 2. The van der Waals surface area contributed by atoms with Gasteiger partial charge in [0.05, 0.1) is 6.42 Å². The van der Waals surface area contributed by atoms with E-state index in [-0.39, 0.29) is 31.0 Å². The summed E-state index contributed by atoms with van der Waals surface area (Å²) in [6, 6.07) is 12.0. The van der Waals surface area contributed by atoms with Gasteiger partial charge in [-0.05, 0) is 35.9 Å². The number of ketones is 1. The number of primary amides is 1. The number of hydrogen-bond donors (Lipinski definition) is 2. The number of anilines is 1. The van der Waals surface area contributed by atoms with E-state index in [1.165, 1.54) is 24.3 Å². The number of halogens is 1. The topological polar surface area (TPSA) is 89.3 Å². The summed E-state index contributed by atoms with van der Waals surface area (Å²) in [6.45, 7) is 0. The van der Waals surface area contributed by atoms with Crippen molar-refractivity contribution >= 4 is 23.3 Å². The molecule has 2 aromatic carbocycles. The molecule has 6 heteroatoms. The van der Waals surface area contributed by atoms with Gasteiger partial charge in [-0.25, -0.2) is 4.39 Å². The standard InChI is InChI=1S/C18H17FN2O3/c19-14-7-5-12(6-8-14)16(22)9-10-18(24)21-15-4-2-1-3-13(15)11-17(20)23/h1-8H,9-11H2,(H2,20,23)(H,21,24). The molecular formula is C18H17FN2O3. The molecule has 2 amide bonds. The van der Waals surface area contributed by atoms with Crippen LogP contribution in [0, 0.1) is 5.82 Å². The quantitative estimate of drug-likeness (QED) is 0.765. The summed E-state index contributed by atoms with van der Waals surface area (Å²) in [4.78, 5) is 35.0. The lowest BCUT2D eigenvalue weighted by molar-refractivity contribution is -0.118. The predicted octanol–water partition coefficient (Wildman–Crippen LogP) is 2.46. The van der Waals surface area contributed by atoms with Crippen LogP contribution in [0.15, 0.2) is 48.5 Å². The highest BCUT2D eigenvalue weighted by Crippen LogP contribution is 2.16. The van der Waals surface area contributed by atoms with Crippen LogP contribution in [0.2, 0.25) is 0 Å². The Balaban J connectivity index is 1.93. The van der Waals surface area contributed by atoms with Gasteiger partial charge >= 0.3 is 0 Å². The molecule has 0 unspecified atom stereocenters. The van der Waals surface area contributed by atoms with Crippen LogP contribution in [0.25, 0.3) is 0 Å². The Kier molecular flexibility index (Phi) is 5.78. The van der Waals surface area contributed by atoms with Gasteiger partial charge in [-0.15, -0.1) is 0 Å². The molecule has 0 aromatic heterocycles. The van der Waals surface area contributed by atoms with Crippen molar-refractivity contribution in [3.05, 3.63) is 65.5 Å². The fourth-order valence-corrected chi connectivity index (χ4v) is 2.20. The van der Waals surface area contributed by atoms with Crippen LogP contribution in [0.1, 0.15) is 28.8 Å². The highest BCUT2D eigenvalue weighted by molar-refractivity contribution is 6.00. The van der Waals surface area contributed by atoms with Crippen molar-refractivity contribution in [2.45, 2.75) is 19.3 Å². The molecule has 0 heterocycles. The predicted molar refractivity (Wildman–Crippen MR) is 87.9 cm³/mol. The van der Waals surface area contributed by atoms with Gasteiger partial charge in [0.15, 0.2) is 5.78 Å². The van der Waals surface area contributed by atoms with Crippen molar-refractivity contribution in [1.29, 1.82) is 0 Å². The second kappa shape index (κ2) is 8.01. The first-order valence-electron chi connectivity index (χ1n) is 7.40. The Morgan fingerprint density at radius 1 is 0.958 bits per heavy atom. The molecule has 2 rings (SSSR count). The average molecular weight is 328 g/mol. The smallest absolute Gasteiger partial charge is 0.224 e.